The molecule has 0 amide bonds. The number of rotatable bonds is 10. The number of carbonyl (C=O) groups is 2. The van der Waals surface area contributed by atoms with E-state index in [-0.39, 0.29) is 17.4 Å². The van der Waals surface area contributed by atoms with Crippen molar-refractivity contribution in [3.8, 4) is 11.5 Å². The molecule has 0 radical (unpaired) electrons. The molecule has 0 unspecified atom stereocenters. The Morgan fingerprint density at radius 3 is 2.26 bits per heavy atom. The van der Waals surface area contributed by atoms with Crippen LogP contribution in [0, 0.1) is 17.8 Å². The van der Waals surface area contributed by atoms with E-state index in [9.17, 15) is 9.59 Å². The van der Waals surface area contributed by atoms with Crippen LogP contribution in [-0.2, 0) is 14.9 Å². The minimum Gasteiger partial charge on any atom is -0.493 e. The smallest absolute Gasteiger partial charge is 0.343 e. The third-order valence-corrected chi connectivity index (χ3v) is 9.08. The van der Waals surface area contributed by atoms with Crippen molar-refractivity contribution in [3.05, 3.63) is 71.8 Å². The Kier molecular flexibility index (Phi) is 7.33. The maximum absolute atomic E-state index is 12.7. The van der Waals surface area contributed by atoms with Gasteiger partial charge in [0, 0.05) is 12.0 Å². The minimum atomic E-state index is -0.348. The lowest BCUT2D eigenvalue weighted by Gasteiger charge is -2.57. The molecule has 3 aromatic rings. The van der Waals surface area contributed by atoms with Gasteiger partial charge in [-0.25, -0.2) is 4.79 Å². The summed E-state index contributed by atoms with van der Waals surface area (Å²) < 4.78 is 17.3. The predicted molar refractivity (Wildman–Crippen MR) is 151 cm³/mol. The van der Waals surface area contributed by atoms with Crippen molar-refractivity contribution in [3.63, 3.8) is 0 Å². The van der Waals surface area contributed by atoms with Crippen molar-refractivity contribution in [1.82, 2.24) is 0 Å². The van der Waals surface area contributed by atoms with E-state index in [1.807, 2.05) is 43.3 Å². The van der Waals surface area contributed by atoms with Crippen LogP contribution in [-0.4, -0.2) is 25.2 Å². The average molecular weight is 527 g/mol. The molecular weight excluding hydrogens is 488 g/mol. The van der Waals surface area contributed by atoms with E-state index in [0.29, 0.717) is 30.9 Å². The summed E-state index contributed by atoms with van der Waals surface area (Å²) >= 11 is 0. The molecule has 4 saturated carbocycles. The zero-order valence-electron chi connectivity index (χ0n) is 22.8. The molecule has 39 heavy (non-hydrogen) atoms. The van der Waals surface area contributed by atoms with Gasteiger partial charge in [-0.2, -0.15) is 0 Å². The molecule has 0 atom stereocenters. The molecule has 5 heteroatoms. The maximum atomic E-state index is 12.7. The molecule has 4 fully saturated rings. The SMILES string of the molecule is CCOC(=O)CCCCOc1cc2ccc(OC(=O)c3ccccc3)cc2cc1C12CC3CC(CC(C3)C1)C2. The van der Waals surface area contributed by atoms with Crippen LogP contribution in [0.4, 0.5) is 0 Å². The zero-order chi connectivity index (χ0) is 26.8. The summed E-state index contributed by atoms with van der Waals surface area (Å²) in [5, 5.41) is 2.15. The Balaban J connectivity index is 1.27. The molecular formula is C34H38O5. The fourth-order valence-corrected chi connectivity index (χ4v) is 7.82. The van der Waals surface area contributed by atoms with E-state index in [2.05, 4.69) is 12.1 Å². The lowest BCUT2D eigenvalue weighted by molar-refractivity contribution is -0.143. The Bertz CT molecular complexity index is 1310. The molecule has 204 valence electrons. The van der Waals surface area contributed by atoms with Crippen LogP contribution in [0.1, 0.15) is 80.6 Å². The largest absolute Gasteiger partial charge is 0.493 e. The summed E-state index contributed by atoms with van der Waals surface area (Å²) in [6.45, 7) is 2.84. The first-order valence-electron chi connectivity index (χ1n) is 14.7. The molecule has 4 bridgehead atoms. The number of ether oxygens (including phenoxy) is 3. The summed E-state index contributed by atoms with van der Waals surface area (Å²) in [7, 11) is 0. The topological polar surface area (TPSA) is 61.8 Å². The summed E-state index contributed by atoms with van der Waals surface area (Å²) in [6, 6.07) is 19.5. The Morgan fingerprint density at radius 1 is 0.846 bits per heavy atom. The lowest BCUT2D eigenvalue weighted by Crippen LogP contribution is -2.48. The monoisotopic (exact) mass is 526 g/mol. The fourth-order valence-electron chi connectivity index (χ4n) is 7.82. The summed E-state index contributed by atoms with van der Waals surface area (Å²) in [5.74, 6) is 3.52. The van der Waals surface area contributed by atoms with Crippen molar-refractivity contribution in [2.45, 2.75) is 70.1 Å². The standard InChI is InChI=1S/C34H38O5/c1-2-37-32(35)10-6-7-13-38-31-19-27-11-12-29(39-33(36)26-8-4-3-5-9-26)17-28(27)18-30(31)34-20-23-14-24(21-34)16-25(15-23)22-34/h3-5,8-9,11-12,17-19,23-25H,2,6-7,10,13-16,20-22H2,1H3. The van der Waals surface area contributed by atoms with Gasteiger partial charge in [0.05, 0.1) is 18.8 Å². The minimum absolute atomic E-state index is 0.138. The van der Waals surface area contributed by atoms with Crippen LogP contribution in [0.15, 0.2) is 60.7 Å². The molecule has 4 aliphatic rings. The normalized spacial score (nSPS) is 25.0. The van der Waals surface area contributed by atoms with E-state index in [0.717, 1.165) is 47.1 Å². The van der Waals surface area contributed by atoms with Gasteiger partial charge in [-0.05, 0) is 129 Å². The van der Waals surface area contributed by atoms with Gasteiger partial charge in [-0.15, -0.1) is 0 Å². The number of esters is 2. The molecule has 3 aromatic carbocycles. The van der Waals surface area contributed by atoms with Crippen LogP contribution in [0.3, 0.4) is 0 Å². The Hall–Kier alpha value is -3.34. The molecule has 0 aromatic heterocycles. The van der Waals surface area contributed by atoms with Crippen molar-refractivity contribution in [2.75, 3.05) is 13.2 Å². The van der Waals surface area contributed by atoms with E-state index < -0.39 is 0 Å². The van der Waals surface area contributed by atoms with Crippen LogP contribution in [0.5, 0.6) is 11.5 Å². The third-order valence-electron chi connectivity index (χ3n) is 9.08. The highest BCUT2D eigenvalue weighted by atomic mass is 16.5. The molecule has 0 saturated heterocycles. The first-order chi connectivity index (χ1) is 19.0. The van der Waals surface area contributed by atoms with Crippen molar-refractivity contribution in [1.29, 1.82) is 0 Å². The highest BCUT2D eigenvalue weighted by Gasteiger charge is 2.52. The molecule has 4 aliphatic carbocycles. The quantitative estimate of drug-likeness (QED) is 0.154. The van der Waals surface area contributed by atoms with Crippen LogP contribution < -0.4 is 9.47 Å². The van der Waals surface area contributed by atoms with Crippen LogP contribution >= 0.6 is 0 Å². The number of hydrogen-bond donors (Lipinski definition) is 0. The van der Waals surface area contributed by atoms with Gasteiger partial charge < -0.3 is 14.2 Å². The van der Waals surface area contributed by atoms with Gasteiger partial charge in [-0.3, -0.25) is 4.79 Å². The second-order valence-corrected chi connectivity index (χ2v) is 11.9. The van der Waals surface area contributed by atoms with E-state index >= 15 is 0 Å². The van der Waals surface area contributed by atoms with Gasteiger partial charge in [-0.1, -0.05) is 24.3 Å². The van der Waals surface area contributed by atoms with Gasteiger partial charge in [0.25, 0.3) is 0 Å². The first kappa shape index (κ1) is 25.9. The number of fused-ring (bicyclic) bond motifs is 1. The van der Waals surface area contributed by atoms with Crippen LogP contribution in [0.2, 0.25) is 0 Å². The number of benzene rings is 3. The second-order valence-electron chi connectivity index (χ2n) is 11.9. The van der Waals surface area contributed by atoms with E-state index in [4.69, 9.17) is 14.2 Å². The lowest BCUT2D eigenvalue weighted by atomic mass is 9.48. The molecule has 0 heterocycles. The Morgan fingerprint density at radius 2 is 1.56 bits per heavy atom. The van der Waals surface area contributed by atoms with Crippen molar-refractivity contribution in [2.24, 2.45) is 17.8 Å². The molecule has 7 rings (SSSR count). The highest BCUT2D eigenvalue weighted by molar-refractivity contribution is 5.92. The summed E-state index contributed by atoms with van der Waals surface area (Å²) in [6.07, 6.45) is 9.89. The highest BCUT2D eigenvalue weighted by Crippen LogP contribution is 2.62. The predicted octanol–water partition coefficient (Wildman–Crippen LogP) is 7.64. The van der Waals surface area contributed by atoms with Gasteiger partial charge in [0.2, 0.25) is 0 Å². The van der Waals surface area contributed by atoms with Crippen molar-refractivity contribution >= 4 is 22.7 Å². The molecule has 0 spiro atoms. The number of hydrogen-bond acceptors (Lipinski definition) is 5. The molecule has 0 aliphatic heterocycles. The molecule has 0 N–H and O–H groups in total. The van der Waals surface area contributed by atoms with Crippen molar-refractivity contribution < 1.29 is 23.8 Å². The number of unbranched alkanes of at least 4 members (excludes halogenated alkanes) is 1. The maximum Gasteiger partial charge on any atom is 0.343 e. The van der Waals surface area contributed by atoms with E-state index in [1.165, 1.54) is 44.1 Å². The van der Waals surface area contributed by atoms with Crippen LogP contribution in [0.25, 0.3) is 10.8 Å². The summed E-state index contributed by atoms with van der Waals surface area (Å²) in [4.78, 5) is 24.4. The Labute approximate surface area is 230 Å². The fraction of sp³-hybridized carbons (Fsp3) is 0.471. The second kappa shape index (κ2) is 11.0. The molecule has 5 nitrogen and oxygen atoms in total. The van der Waals surface area contributed by atoms with Gasteiger partial charge in [0.1, 0.15) is 11.5 Å². The first-order valence-corrected chi connectivity index (χ1v) is 14.7. The average Bonchev–Trinajstić information content (AvgIpc) is 2.92. The van der Waals surface area contributed by atoms with Gasteiger partial charge in [0.15, 0.2) is 0 Å². The van der Waals surface area contributed by atoms with Gasteiger partial charge >= 0.3 is 11.9 Å². The number of carbonyl (C=O) groups excluding carboxylic acids is 2. The summed E-state index contributed by atoms with van der Waals surface area (Å²) in [5.41, 5.74) is 2.03. The third kappa shape index (κ3) is 5.54. The zero-order valence-corrected chi connectivity index (χ0v) is 22.8. The van der Waals surface area contributed by atoms with E-state index in [1.54, 1.807) is 12.1 Å².